The molecule has 0 aromatic carbocycles. The van der Waals surface area contributed by atoms with Crippen LogP contribution in [0.3, 0.4) is 0 Å². The summed E-state index contributed by atoms with van der Waals surface area (Å²) in [5, 5.41) is 11.6. The quantitative estimate of drug-likeness (QED) is 0.631. The number of rotatable bonds is 5. The van der Waals surface area contributed by atoms with E-state index >= 15 is 0 Å². The van der Waals surface area contributed by atoms with Gasteiger partial charge in [-0.15, -0.1) is 0 Å². The number of aliphatic hydroxyl groups excluding tert-OH is 1. The monoisotopic (exact) mass is 218 g/mol. The van der Waals surface area contributed by atoms with Crippen LogP contribution in [0.15, 0.2) is 0 Å². The van der Waals surface area contributed by atoms with Gasteiger partial charge in [0.25, 0.3) is 0 Å². The Morgan fingerprint density at radius 1 is 1.53 bits per heavy atom. The van der Waals surface area contributed by atoms with Crippen molar-refractivity contribution < 1.29 is 14.6 Å². The minimum absolute atomic E-state index is 0.0980. The molecule has 0 saturated carbocycles. The average molecular weight is 218 g/mol. The second-order valence-electron chi connectivity index (χ2n) is 4.46. The number of nitrogens with two attached hydrogens (primary N) is 1. The lowest BCUT2D eigenvalue weighted by molar-refractivity contribution is 0.0478. The summed E-state index contributed by atoms with van der Waals surface area (Å²) >= 11 is 0. The third-order valence-electron chi connectivity index (χ3n) is 1.70. The van der Waals surface area contributed by atoms with Crippen molar-refractivity contribution >= 4 is 6.09 Å². The fourth-order valence-electron chi connectivity index (χ4n) is 1.05. The first kappa shape index (κ1) is 14.2. The highest BCUT2D eigenvalue weighted by Crippen LogP contribution is 2.07. The maximum Gasteiger partial charge on any atom is 0.407 e. The van der Waals surface area contributed by atoms with E-state index in [4.69, 9.17) is 15.6 Å². The predicted octanol–water partition coefficient (Wildman–Crippen LogP) is 0.611. The van der Waals surface area contributed by atoms with Gasteiger partial charge in [0, 0.05) is 0 Å². The zero-order valence-electron chi connectivity index (χ0n) is 9.75. The summed E-state index contributed by atoms with van der Waals surface area (Å²) < 4.78 is 5.06. The molecule has 5 heteroatoms. The van der Waals surface area contributed by atoms with Crippen LogP contribution in [0.25, 0.3) is 0 Å². The standard InChI is InChI=1S/C10H22N2O3/c1-10(2,3)15-9(14)12-8(7-13)5-4-6-11/h8,13H,4-7,11H2,1-3H3,(H,12,14)/t8-/m0/s1. The van der Waals surface area contributed by atoms with Crippen LogP contribution in [-0.2, 0) is 4.74 Å². The highest BCUT2D eigenvalue weighted by atomic mass is 16.6. The Bertz CT molecular complexity index is 190. The third kappa shape index (κ3) is 8.20. The van der Waals surface area contributed by atoms with Crippen molar-refractivity contribution in [2.75, 3.05) is 13.2 Å². The molecular weight excluding hydrogens is 196 g/mol. The molecule has 0 rings (SSSR count). The molecule has 0 aromatic rings. The van der Waals surface area contributed by atoms with E-state index in [0.717, 1.165) is 6.42 Å². The van der Waals surface area contributed by atoms with Gasteiger partial charge in [-0.1, -0.05) is 0 Å². The lowest BCUT2D eigenvalue weighted by atomic mass is 10.1. The van der Waals surface area contributed by atoms with E-state index in [9.17, 15) is 4.79 Å². The first-order valence-corrected chi connectivity index (χ1v) is 5.19. The number of nitrogens with one attached hydrogen (secondary N) is 1. The normalized spacial score (nSPS) is 13.4. The van der Waals surface area contributed by atoms with Crippen molar-refractivity contribution in [2.24, 2.45) is 5.73 Å². The van der Waals surface area contributed by atoms with E-state index in [1.54, 1.807) is 20.8 Å². The molecule has 0 aliphatic carbocycles. The van der Waals surface area contributed by atoms with Crippen LogP contribution in [0.5, 0.6) is 0 Å². The first-order chi connectivity index (χ1) is 6.89. The Labute approximate surface area is 91.0 Å². The van der Waals surface area contributed by atoms with Crippen LogP contribution in [0.4, 0.5) is 4.79 Å². The average Bonchev–Trinajstić information content (AvgIpc) is 2.09. The van der Waals surface area contributed by atoms with Crippen molar-refractivity contribution in [3.05, 3.63) is 0 Å². The summed E-state index contributed by atoms with van der Waals surface area (Å²) in [6.07, 6.45) is 0.923. The van der Waals surface area contributed by atoms with Crippen LogP contribution in [0, 0.1) is 0 Å². The highest BCUT2D eigenvalue weighted by molar-refractivity contribution is 5.68. The Morgan fingerprint density at radius 3 is 2.53 bits per heavy atom. The van der Waals surface area contributed by atoms with E-state index in [1.807, 2.05) is 0 Å². The summed E-state index contributed by atoms with van der Waals surface area (Å²) in [4.78, 5) is 11.3. The molecule has 0 unspecified atom stereocenters. The lowest BCUT2D eigenvalue weighted by Gasteiger charge is -2.22. The molecule has 5 nitrogen and oxygen atoms in total. The molecule has 0 spiro atoms. The molecule has 1 atom stereocenters. The second kappa shape index (κ2) is 6.63. The zero-order chi connectivity index (χ0) is 11.9. The van der Waals surface area contributed by atoms with Gasteiger partial charge < -0.3 is 20.9 Å². The maximum absolute atomic E-state index is 11.3. The SMILES string of the molecule is CC(C)(C)OC(=O)N[C@H](CO)CCCN. The summed E-state index contributed by atoms with van der Waals surface area (Å²) in [5.41, 5.74) is 4.82. The van der Waals surface area contributed by atoms with Crippen LogP contribution >= 0.6 is 0 Å². The molecule has 0 aliphatic heterocycles. The summed E-state index contributed by atoms with van der Waals surface area (Å²) in [6, 6.07) is -0.275. The zero-order valence-corrected chi connectivity index (χ0v) is 9.75. The van der Waals surface area contributed by atoms with Gasteiger partial charge in [0.1, 0.15) is 5.60 Å². The van der Waals surface area contributed by atoms with Gasteiger partial charge in [-0.05, 0) is 40.2 Å². The number of ether oxygens (including phenoxy) is 1. The van der Waals surface area contributed by atoms with Crippen molar-refractivity contribution in [1.29, 1.82) is 0 Å². The maximum atomic E-state index is 11.3. The van der Waals surface area contributed by atoms with Crippen molar-refractivity contribution in [2.45, 2.75) is 45.3 Å². The molecule has 0 fully saturated rings. The largest absolute Gasteiger partial charge is 0.444 e. The van der Waals surface area contributed by atoms with Crippen molar-refractivity contribution in [1.82, 2.24) is 5.32 Å². The molecule has 90 valence electrons. The van der Waals surface area contributed by atoms with Crippen molar-refractivity contribution in [3.63, 3.8) is 0 Å². The number of carbonyl (C=O) groups is 1. The van der Waals surface area contributed by atoms with Gasteiger partial charge in [-0.2, -0.15) is 0 Å². The molecule has 1 amide bonds. The molecule has 4 N–H and O–H groups in total. The van der Waals surface area contributed by atoms with Crippen molar-refractivity contribution in [3.8, 4) is 0 Å². The molecule has 0 heterocycles. The van der Waals surface area contributed by atoms with Crippen LogP contribution in [0.2, 0.25) is 0 Å². The molecule has 0 aliphatic rings. The topological polar surface area (TPSA) is 84.6 Å². The number of amides is 1. The van der Waals surface area contributed by atoms with E-state index in [-0.39, 0.29) is 12.6 Å². The van der Waals surface area contributed by atoms with Gasteiger partial charge in [-0.25, -0.2) is 4.79 Å². The number of carbonyl (C=O) groups excluding carboxylic acids is 1. The fraction of sp³-hybridized carbons (Fsp3) is 0.900. The Balaban J connectivity index is 3.91. The van der Waals surface area contributed by atoms with Gasteiger partial charge in [-0.3, -0.25) is 0 Å². The minimum atomic E-state index is -0.516. The fourth-order valence-corrected chi connectivity index (χ4v) is 1.05. The van der Waals surface area contributed by atoms with E-state index < -0.39 is 11.7 Å². The van der Waals surface area contributed by atoms with Crippen LogP contribution in [0.1, 0.15) is 33.6 Å². The predicted molar refractivity (Wildman–Crippen MR) is 58.5 cm³/mol. The molecule has 0 aromatic heterocycles. The smallest absolute Gasteiger partial charge is 0.407 e. The Morgan fingerprint density at radius 2 is 2.13 bits per heavy atom. The molecule has 0 bridgehead atoms. The third-order valence-corrected chi connectivity index (χ3v) is 1.70. The van der Waals surface area contributed by atoms with Gasteiger partial charge in [0.15, 0.2) is 0 Å². The summed E-state index contributed by atoms with van der Waals surface area (Å²) in [7, 11) is 0. The van der Waals surface area contributed by atoms with Gasteiger partial charge in [0.2, 0.25) is 0 Å². The minimum Gasteiger partial charge on any atom is -0.444 e. The number of aliphatic hydroxyl groups is 1. The van der Waals surface area contributed by atoms with E-state index in [1.165, 1.54) is 0 Å². The van der Waals surface area contributed by atoms with E-state index in [2.05, 4.69) is 5.32 Å². The highest BCUT2D eigenvalue weighted by Gasteiger charge is 2.18. The van der Waals surface area contributed by atoms with Gasteiger partial charge in [0.05, 0.1) is 12.6 Å². The van der Waals surface area contributed by atoms with Crippen LogP contribution in [-0.4, -0.2) is 36.0 Å². The molecular formula is C10H22N2O3. The number of alkyl carbamates (subject to hydrolysis) is 1. The molecule has 15 heavy (non-hydrogen) atoms. The summed E-state index contributed by atoms with van der Waals surface area (Å²) in [6.45, 7) is 5.83. The molecule has 0 saturated heterocycles. The Kier molecular flexibility index (Phi) is 6.27. The molecule has 0 radical (unpaired) electrons. The van der Waals surface area contributed by atoms with Crippen LogP contribution < -0.4 is 11.1 Å². The first-order valence-electron chi connectivity index (χ1n) is 5.19. The number of hydrogen-bond acceptors (Lipinski definition) is 4. The van der Waals surface area contributed by atoms with Gasteiger partial charge >= 0.3 is 6.09 Å². The van der Waals surface area contributed by atoms with E-state index in [0.29, 0.717) is 13.0 Å². The second-order valence-corrected chi connectivity index (χ2v) is 4.46. The Hall–Kier alpha value is -0.810. The lowest BCUT2D eigenvalue weighted by Crippen LogP contribution is -2.41. The number of hydrogen-bond donors (Lipinski definition) is 3. The summed E-state index contributed by atoms with van der Waals surface area (Å²) in [5.74, 6) is 0.